The summed E-state index contributed by atoms with van der Waals surface area (Å²) in [5.41, 5.74) is -0.431. The first-order chi connectivity index (χ1) is 10.3. The minimum atomic E-state index is -0.431. The van der Waals surface area contributed by atoms with Gasteiger partial charge in [-0.15, -0.1) is 0 Å². The van der Waals surface area contributed by atoms with Gasteiger partial charge in [-0.25, -0.2) is 4.79 Å². The topological polar surface area (TPSA) is 61.8 Å². The van der Waals surface area contributed by atoms with Crippen LogP contribution in [0.1, 0.15) is 66.2 Å². The molecule has 1 amide bonds. The van der Waals surface area contributed by atoms with Crippen LogP contribution in [-0.2, 0) is 4.74 Å². The highest BCUT2D eigenvalue weighted by Gasteiger charge is 2.44. The molecule has 2 aliphatic rings. The fourth-order valence-corrected chi connectivity index (χ4v) is 3.82. The Kier molecular flexibility index (Phi) is 5.72. The van der Waals surface area contributed by atoms with Crippen LogP contribution in [0, 0.1) is 0 Å². The fourth-order valence-electron chi connectivity index (χ4n) is 3.82. The monoisotopic (exact) mass is 312 g/mol. The third kappa shape index (κ3) is 4.35. The van der Waals surface area contributed by atoms with E-state index in [9.17, 15) is 4.79 Å². The zero-order valence-corrected chi connectivity index (χ0v) is 14.5. The molecule has 2 aliphatic heterocycles. The second-order valence-electron chi connectivity index (χ2n) is 7.73. The Morgan fingerprint density at radius 3 is 2.36 bits per heavy atom. The Morgan fingerprint density at radius 2 is 1.91 bits per heavy atom. The van der Waals surface area contributed by atoms with Crippen molar-refractivity contribution in [2.45, 2.75) is 96.0 Å². The van der Waals surface area contributed by atoms with E-state index in [1.165, 1.54) is 0 Å². The number of amides is 1. The first-order valence-electron chi connectivity index (χ1n) is 8.72. The van der Waals surface area contributed by atoms with Gasteiger partial charge >= 0.3 is 6.09 Å². The second-order valence-corrected chi connectivity index (χ2v) is 7.73. The summed E-state index contributed by atoms with van der Waals surface area (Å²) in [6.07, 6.45) is 5.84. The highest BCUT2D eigenvalue weighted by atomic mass is 16.6. The molecule has 5 heteroatoms. The minimum absolute atomic E-state index is 0.152. The van der Waals surface area contributed by atoms with Gasteiger partial charge in [0.2, 0.25) is 0 Å². The van der Waals surface area contributed by atoms with Crippen LogP contribution >= 0.6 is 0 Å². The van der Waals surface area contributed by atoms with Crippen molar-refractivity contribution in [2.24, 2.45) is 0 Å². The van der Waals surface area contributed by atoms with Gasteiger partial charge in [-0.1, -0.05) is 6.92 Å². The average molecular weight is 312 g/mol. The third-order valence-electron chi connectivity index (χ3n) is 4.78. The van der Waals surface area contributed by atoms with Crippen molar-refractivity contribution in [2.75, 3.05) is 6.61 Å². The number of ether oxygens (including phenoxy) is 1. The molecule has 0 aromatic heterocycles. The molecule has 0 spiro atoms. The summed E-state index contributed by atoms with van der Waals surface area (Å²) in [7, 11) is 0. The summed E-state index contributed by atoms with van der Waals surface area (Å²) in [5.74, 6) is 0. The normalized spacial score (nSPS) is 29.5. The lowest BCUT2D eigenvalue weighted by atomic mass is 9.96. The maximum atomic E-state index is 12.4. The van der Waals surface area contributed by atoms with Gasteiger partial charge < -0.3 is 20.1 Å². The molecule has 2 rings (SSSR count). The number of nitrogens with one attached hydrogen (secondary N) is 1. The average Bonchev–Trinajstić information content (AvgIpc) is 2.68. The smallest absolute Gasteiger partial charge is 0.410 e. The number of piperidine rings is 1. The molecule has 128 valence electrons. The van der Waals surface area contributed by atoms with Crippen LogP contribution < -0.4 is 5.32 Å². The molecule has 0 radical (unpaired) electrons. The molecule has 2 fully saturated rings. The number of rotatable bonds is 5. The lowest BCUT2D eigenvalue weighted by molar-refractivity contribution is 0.00415. The first kappa shape index (κ1) is 17.5. The van der Waals surface area contributed by atoms with E-state index in [1.807, 2.05) is 25.7 Å². The Hall–Kier alpha value is -0.810. The van der Waals surface area contributed by atoms with Gasteiger partial charge in [0.05, 0.1) is 0 Å². The minimum Gasteiger partial charge on any atom is -0.444 e. The third-order valence-corrected chi connectivity index (χ3v) is 4.78. The Bertz CT molecular complexity index is 367. The highest BCUT2D eigenvalue weighted by Crippen LogP contribution is 2.37. The molecule has 0 aromatic rings. The van der Waals surface area contributed by atoms with E-state index in [-0.39, 0.29) is 12.7 Å². The molecule has 2 N–H and O–H groups in total. The van der Waals surface area contributed by atoms with Crippen molar-refractivity contribution in [3.8, 4) is 0 Å². The molecule has 0 aliphatic carbocycles. The number of carbonyl (C=O) groups excluding carboxylic acids is 1. The second kappa shape index (κ2) is 7.18. The van der Waals surface area contributed by atoms with Crippen molar-refractivity contribution < 1.29 is 14.6 Å². The van der Waals surface area contributed by atoms with Gasteiger partial charge in [0.15, 0.2) is 0 Å². The molecule has 3 unspecified atom stereocenters. The maximum absolute atomic E-state index is 12.4. The van der Waals surface area contributed by atoms with Gasteiger partial charge in [0.1, 0.15) is 5.60 Å². The van der Waals surface area contributed by atoms with E-state index >= 15 is 0 Å². The maximum Gasteiger partial charge on any atom is 0.410 e. The van der Waals surface area contributed by atoms with Crippen LogP contribution in [0.3, 0.4) is 0 Å². The Morgan fingerprint density at radius 1 is 1.32 bits per heavy atom. The van der Waals surface area contributed by atoms with E-state index in [4.69, 9.17) is 9.84 Å². The van der Waals surface area contributed by atoms with E-state index in [1.54, 1.807) is 0 Å². The highest BCUT2D eigenvalue weighted by molar-refractivity contribution is 5.69. The van der Waals surface area contributed by atoms with Gasteiger partial charge in [-0.2, -0.15) is 0 Å². The number of aliphatic hydroxyl groups is 1. The summed E-state index contributed by atoms with van der Waals surface area (Å²) >= 11 is 0. The summed E-state index contributed by atoms with van der Waals surface area (Å²) < 4.78 is 5.57. The predicted octanol–water partition coefficient (Wildman–Crippen LogP) is 2.67. The van der Waals surface area contributed by atoms with Crippen molar-refractivity contribution in [3.63, 3.8) is 0 Å². The van der Waals surface area contributed by atoms with Crippen LogP contribution in [0.2, 0.25) is 0 Å². The molecule has 3 atom stereocenters. The van der Waals surface area contributed by atoms with Gasteiger partial charge in [-0.05, 0) is 59.3 Å². The van der Waals surface area contributed by atoms with Crippen LogP contribution in [0.25, 0.3) is 0 Å². The van der Waals surface area contributed by atoms with Crippen molar-refractivity contribution in [1.82, 2.24) is 10.2 Å². The van der Waals surface area contributed by atoms with Crippen LogP contribution in [0.5, 0.6) is 0 Å². The number of carbonyl (C=O) groups is 1. The number of hydrogen-bond donors (Lipinski definition) is 2. The van der Waals surface area contributed by atoms with E-state index in [2.05, 4.69) is 12.2 Å². The van der Waals surface area contributed by atoms with Gasteiger partial charge in [0.25, 0.3) is 0 Å². The molecular formula is C17H32N2O3. The molecule has 0 aromatic carbocycles. The molecule has 5 nitrogen and oxygen atoms in total. The predicted molar refractivity (Wildman–Crippen MR) is 86.8 cm³/mol. The first-order valence-corrected chi connectivity index (χ1v) is 8.72. The van der Waals surface area contributed by atoms with E-state index < -0.39 is 5.60 Å². The number of aliphatic hydroxyl groups excluding tert-OH is 1. The molecule has 2 saturated heterocycles. The van der Waals surface area contributed by atoms with Gasteiger partial charge in [-0.3, -0.25) is 0 Å². The van der Waals surface area contributed by atoms with Crippen molar-refractivity contribution in [1.29, 1.82) is 0 Å². The standard InChI is InChI=1S/C17H32N2O3/c1-5-12(8-9-20)18-13-10-14-6-7-15(11-13)19(14)16(21)22-17(2,3)4/h12-15,18,20H,5-11H2,1-4H3. The summed E-state index contributed by atoms with van der Waals surface area (Å²) in [6.45, 7) is 8.14. The van der Waals surface area contributed by atoms with Crippen LogP contribution in [0.15, 0.2) is 0 Å². The zero-order chi connectivity index (χ0) is 16.3. The lowest BCUT2D eigenvalue weighted by Gasteiger charge is -2.40. The van der Waals surface area contributed by atoms with Crippen molar-refractivity contribution >= 4 is 6.09 Å². The Balaban J connectivity index is 1.92. The fraction of sp³-hybridized carbons (Fsp3) is 0.941. The van der Waals surface area contributed by atoms with E-state index in [0.29, 0.717) is 24.2 Å². The van der Waals surface area contributed by atoms with Crippen LogP contribution in [-0.4, -0.2) is 52.5 Å². The molecule has 2 heterocycles. The largest absolute Gasteiger partial charge is 0.444 e. The summed E-state index contributed by atoms with van der Waals surface area (Å²) in [6, 6.07) is 1.44. The summed E-state index contributed by atoms with van der Waals surface area (Å²) in [5, 5.41) is 12.8. The lowest BCUT2D eigenvalue weighted by Crippen LogP contribution is -2.54. The van der Waals surface area contributed by atoms with Gasteiger partial charge in [0, 0.05) is 30.8 Å². The van der Waals surface area contributed by atoms with Crippen LogP contribution in [0.4, 0.5) is 4.79 Å². The number of fused-ring (bicyclic) bond motifs is 2. The quantitative estimate of drug-likeness (QED) is 0.819. The van der Waals surface area contributed by atoms with E-state index in [0.717, 1.165) is 38.5 Å². The summed E-state index contributed by atoms with van der Waals surface area (Å²) in [4.78, 5) is 14.4. The number of nitrogens with zero attached hydrogens (tertiary/aromatic N) is 1. The Labute approximate surface area is 134 Å². The SMILES string of the molecule is CCC(CCO)NC1CC2CCC(C1)N2C(=O)OC(C)(C)C. The molecule has 2 bridgehead atoms. The number of hydrogen-bond acceptors (Lipinski definition) is 4. The zero-order valence-electron chi connectivity index (χ0n) is 14.5. The molecule has 22 heavy (non-hydrogen) atoms. The van der Waals surface area contributed by atoms with Crippen molar-refractivity contribution in [3.05, 3.63) is 0 Å². The molecular weight excluding hydrogens is 280 g/mol. The molecule has 0 saturated carbocycles.